The molecule has 1 rings (SSSR count). The minimum Gasteiger partial charge on any atom is -0.467 e. The van der Waals surface area contributed by atoms with E-state index in [-0.39, 0.29) is 5.91 Å². The van der Waals surface area contributed by atoms with Crippen molar-refractivity contribution in [3.8, 4) is 0 Å². The molecule has 0 saturated heterocycles. The fraction of sp³-hybridized carbons (Fsp3) is 0.429. The van der Waals surface area contributed by atoms with Crippen LogP contribution in [0.2, 0.25) is 0 Å². The minimum absolute atomic E-state index is 0.264. The summed E-state index contributed by atoms with van der Waals surface area (Å²) in [4.78, 5) is 22.6. The zero-order chi connectivity index (χ0) is 14.3. The Morgan fingerprint density at radius 2 is 2.11 bits per heavy atom. The van der Waals surface area contributed by atoms with Gasteiger partial charge in [-0.05, 0) is 24.1 Å². The van der Waals surface area contributed by atoms with Gasteiger partial charge < -0.3 is 15.4 Å². The Kier molecular flexibility index (Phi) is 5.85. The van der Waals surface area contributed by atoms with Crippen molar-refractivity contribution in [1.29, 1.82) is 0 Å². The van der Waals surface area contributed by atoms with Crippen LogP contribution in [0.4, 0.5) is 5.69 Å². The number of anilines is 1. The Hall–Kier alpha value is -2.04. The molecule has 0 aliphatic heterocycles. The number of methoxy groups -OCH3 is 1. The Bertz CT molecular complexity index is 446. The number of hydrogen-bond acceptors (Lipinski definition) is 4. The summed E-state index contributed by atoms with van der Waals surface area (Å²) >= 11 is 0. The van der Waals surface area contributed by atoms with E-state index in [9.17, 15) is 9.59 Å². The molecule has 0 fully saturated rings. The molecule has 1 aromatic carbocycles. The lowest BCUT2D eigenvalue weighted by Gasteiger charge is -2.17. The molecule has 0 bridgehead atoms. The number of esters is 1. The van der Waals surface area contributed by atoms with Crippen molar-refractivity contribution in [2.24, 2.45) is 0 Å². The van der Waals surface area contributed by atoms with Gasteiger partial charge in [0.15, 0.2) is 0 Å². The second-order valence-electron chi connectivity index (χ2n) is 4.21. The third-order valence-corrected chi connectivity index (χ3v) is 2.71. The summed E-state index contributed by atoms with van der Waals surface area (Å²) in [5.41, 5.74) is 2.12. The van der Waals surface area contributed by atoms with Gasteiger partial charge in [0.05, 0.1) is 7.11 Å². The molecule has 0 aliphatic carbocycles. The topological polar surface area (TPSA) is 67.4 Å². The first-order chi connectivity index (χ1) is 9.06. The minimum atomic E-state index is -0.687. The van der Waals surface area contributed by atoms with E-state index in [0.717, 1.165) is 12.1 Å². The Balaban J connectivity index is 2.64. The fourth-order valence-corrected chi connectivity index (χ4v) is 1.70. The van der Waals surface area contributed by atoms with Crippen LogP contribution in [0.1, 0.15) is 19.4 Å². The van der Waals surface area contributed by atoms with Crippen LogP contribution < -0.4 is 10.6 Å². The molecule has 0 saturated carbocycles. The van der Waals surface area contributed by atoms with Crippen LogP contribution in [0.25, 0.3) is 0 Å². The molecule has 0 aliphatic rings. The number of ether oxygens (including phenoxy) is 1. The number of nitrogens with one attached hydrogen (secondary N) is 2. The molecule has 1 atom stereocenters. The predicted molar refractivity (Wildman–Crippen MR) is 73.9 cm³/mol. The first-order valence-corrected chi connectivity index (χ1v) is 6.24. The number of carbonyl (C=O) groups is 2. The van der Waals surface area contributed by atoms with Crippen molar-refractivity contribution in [2.75, 3.05) is 19.0 Å². The lowest BCUT2D eigenvalue weighted by atomic mass is 10.1. The maximum Gasteiger partial charge on any atom is 0.330 e. The molecule has 0 radical (unpaired) electrons. The van der Waals surface area contributed by atoms with Gasteiger partial charge in [0.2, 0.25) is 5.91 Å². The van der Waals surface area contributed by atoms with E-state index in [1.54, 1.807) is 0 Å². The third kappa shape index (κ3) is 4.99. The van der Waals surface area contributed by atoms with E-state index in [2.05, 4.69) is 22.3 Å². The molecule has 1 amide bonds. The van der Waals surface area contributed by atoms with Gasteiger partial charge in [-0.3, -0.25) is 4.79 Å². The van der Waals surface area contributed by atoms with Crippen molar-refractivity contribution in [3.05, 3.63) is 29.8 Å². The van der Waals surface area contributed by atoms with Gasteiger partial charge in [-0.25, -0.2) is 4.79 Å². The number of aryl methyl sites for hydroxylation is 1. The summed E-state index contributed by atoms with van der Waals surface area (Å²) in [5, 5.41) is 5.68. The standard InChI is InChI=1S/C14H20N2O3/c1-4-11-6-5-7-12(8-11)15-9-13(14(18)19-3)16-10(2)17/h5-8,13,15H,4,9H2,1-3H3,(H,16,17). The van der Waals surface area contributed by atoms with E-state index in [1.807, 2.05) is 24.3 Å². The number of amides is 1. The summed E-state index contributed by atoms with van der Waals surface area (Å²) in [5.74, 6) is -0.728. The molecular formula is C14H20N2O3. The molecule has 0 spiro atoms. The van der Waals surface area contributed by atoms with E-state index in [0.29, 0.717) is 6.54 Å². The van der Waals surface area contributed by atoms with Crippen LogP contribution in [-0.4, -0.2) is 31.6 Å². The van der Waals surface area contributed by atoms with E-state index < -0.39 is 12.0 Å². The Morgan fingerprint density at radius 1 is 1.37 bits per heavy atom. The van der Waals surface area contributed by atoms with Crippen molar-refractivity contribution in [3.63, 3.8) is 0 Å². The summed E-state index contributed by atoms with van der Waals surface area (Å²) in [6.45, 7) is 3.74. The zero-order valence-corrected chi connectivity index (χ0v) is 11.5. The third-order valence-electron chi connectivity index (χ3n) is 2.71. The molecule has 5 heteroatoms. The molecule has 0 heterocycles. The highest BCUT2D eigenvalue weighted by Crippen LogP contribution is 2.11. The van der Waals surface area contributed by atoms with Crippen molar-refractivity contribution >= 4 is 17.6 Å². The van der Waals surface area contributed by atoms with Crippen molar-refractivity contribution < 1.29 is 14.3 Å². The SMILES string of the molecule is CCc1cccc(NCC(NC(C)=O)C(=O)OC)c1. The number of carbonyl (C=O) groups excluding carboxylic acids is 2. The molecule has 5 nitrogen and oxygen atoms in total. The van der Waals surface area contributed by atoms with Gasteiger partial charge >= 0.3 is 5.97 Å². The quantitative estimate of drug-likeness (QED) is 0.761. The zero-order valence-electron chi connectivity index (χ0n) is 11.5. The number of rotatable bonds is 6. The second kappa shape index (κ2) is 7.41. The van der Waals surface area contributed by atoms with Gasteiger partial charge in [0.25, 0.3) is 0 Å². The van der Waals surface area contributed by atoms with E-state index in [4.69, 9.17) is 0 Å². The highest BCUT2D eigenvalue weighted by atomic mass is 16.5. The Morgan fingerprint density at radius 3 is 2.68 bits per heavy atom. The molecule has 19 heavy (non-hydrogen) atoms. The van der Waals surface area contributed by atoms with Gasteiger partial charge in [-0.15, -0.1) is 0 Å². The van der Waals surface area contributed by atoms with Crippen LogP contribution in [0.3, 0.4) is 0 Å². The second-order valence-corrected chi connectivity index (χ2v) is 4.21. The van der Waals surface area contributed by atoms with Crippen LogP contribution in [0.5, 0.6) is 0 Å². The van der Waals surface area contributed by atoms with Gasteiger partial charge in [0, 0.05) is 19.2 Å². The lowest BCUT2D eigenvalue weighted by Crippen LogP contribution is -2.45. The van der Waals surface area contributed by atoms with Crippen LogP contribution in [0, 0.1) is 0 Å². The van der Waals surface area contributed by atoms with Crippen molar-refractivity contribution in [1.82, 2.24) is 5.32 Å². The molecule has 2 N–H and O–H groups in total. The fourth-order valence-electron chi connectivity index (χ4n) is 1.70. The average Bonchev–Trinajstić information content (AvgIpc) is 2.42. The van der Waals surface area contributed by atoms with Gasteiger partial charge in [-0.2, -0.15) is 0 Å². The average molecular weight is 264 g/mol. The number of benzene rings is 1. The van der Waals surface area contributed by atoms with Crippen LogP contribution in [-0.2, 0) is 20.7 Å². The maximum atomic E-state index is 11.5. The van der Waals surface area contributed by atoms with Crippen LogP contribution >= 0.6 is 0 Å². The van der Waals surface area contributed by atoms with Gasteiger partial charge in [-0.1, -0.05) is 19.1 Å². The van der Waals surface area contributed by atoms with Gasteiger partial charge in [0.1, 0.15) is 6.04 Å². The molecular weight excluding hydrogens is 244 g/mol. The van der Waals surface area contributed by atoms with E-state index in [1.165, 1.54) is 19.6 Å². The summed E-state index contributed by atoms with van der Waals surface area (Å²) < 4.78 is 4.65. The first kappa shape index (κ1) is 15.0. The number of hydrogen-bond donors (Lipinski definition) is 2. The van der Waals surface area contributed by atoms with E-state index >= 15 is 0 Å². The monoisotopic (exact) mass is 264 g/mol. The molecule has 1 aromatic rings. The predicted octanol–water partition coefficient (Wildman–Crippen LogP) is 1.34. The summed E-state index contributed by atoms with van der Waals surface area (Å²) in [6, 6.07) is 7.24. The normalized spacial score (nSPS) is 11.5. The first-order valence-electron chi connectivity index (χ1n) is 6.24. The Labute approximate surface area is 113 Å². The largest absolute Gasteiger partial charge is 0.467 e. The summed E-state index contributed by atoms with van der Waals surface area (Å²) in [7, 11) is 1.30. The maximum absolute atomic E-state index is 11.5. The highest BCUT2D eigenvalue weighted by Gasteiger charge is 2.19. The molecule has 104 valence electrons. The smallest absolute Gasteiger partial charge is 0.330 e. The summed E-state index contributed by atoms with van der Waals surface area (Å²) in [6.07, 6.45) is 0.946. The van der Waals surface area contributed by atoms with Crippen molar-refractivity contribution in [2.45, 2.75) is 26.3 Å². The van der Waals surface area contributed by atoms with Crippen LogP contribution in [0.15, 0.2) is 24.3 Å². The molecule has 0 aromatic heterocycles. The lowest BCUT2D eigenvalue weighted by molar-refractivity contribution is -0.144. The highest BCUT2D eigenvalue weighted by molar-refractivity contribution is 5.83. The molecule has 1 unspecified atom stereocenters.